The lowest BCUT2D eigenvalue weighted by atomic mass is 10.2. The van der Waals surface area contributed by atoms with E-state index >= 15 is 0 Å². The van der Waals surface area contributed by atoms with Gasteiger partial charge in [0.2, 0.25) is 0 Å². The Bertz CT molecular complexity index is 589. The summed E-state index contributed by atoms with van der Waals surface area (Å²) >= 11 is 12.0. The van der Waals surface area contributed by atoms with Gasteiger partial charge in [0.25, 0.3) is 0 Å². The van der Waals surface area contributed by atoms with Crippen molar-refractivity contribution in [2.75, 3.05) is 32.1 Å². The molecule has 4 nitrogen and oxygen atoms in total. The monoisotopic (exact) mass is 324 g/mol. The van der Waals surface area contributed by atoms with Gasteiger partial charge in [-0.2, -0.15) is 0 Å². The molecule has 0 aliphatic heterocycles. The van der Waals surface area contributed by atoms with Crippen LogP contribution in [0.25, 0.3) is 0 Å². The van der Waals surface area contributed by atoms with Crippen LogP contribution < -0.4 is 4.90 Å². The maximum atomic E-state index is 6.05. The molecule has 6 heteroatoms. The number of hydrogen-bond acceptors (Lipinski definition) is 4. The Balaban J connectivity index is 2.19. The maximum Gasteiger partial charge on any atom is 0.149 e. The molecule has 0 N–H and O–H groups in total. The van der Waals surface area contributed by atoms with Crippen molar-refractivity contribution < 1.29 is 0 Å². The maximum absolute atomic E-state index is 6.05. The second kappa shape index (κ2) is 7.59. The molecule has 1 aromatic heterocycles. The summed E-state index contributed by atoms with van der Waals surface area (Å²) in [7, 11) is 4.09. The molecule has 0 saturated carbocycles. The minimum atomic E-state index is 0.397. The molecule has 1 aromatic carbocycles. The molecule has 0 aliphatic rings. The number of benzene rings is 1. The van der Waals surface area contributed by atoms with E-state index in [0.29, 0.717) is 11.7 Å². The van der Waals surface area contributed by atoms with Crippen molar-refractivity contribution in [3.8, 4) is 0 Å². The normalized spacial score (nSPS) is 10.9. The summed E-state index contributed by atoms with van der Waals surface area (Å²) in [6.45, 7) is 2.45. The van der Waals surface area contributed by atoms with Crippen LogP contribution >= 0.6 is 23.2 Å². The molecule has 0 spiro atoms. The first-order chi connectivity index (χ1) is 10.0. The molecule has 0 fully saturated rings. The van der Waals surface area contributed by atoms with Crippen LogP contribution in [0.2, 0.25) is 10.2 Å². The van der Waals surface area contributed by atoms with Gasteiger partial charge < -0.3 is 9.80 Å². The van der Waals surface area contributed by atoms with Crippen molar-refractivity contribution in [2.24, 2.45) is 0 Å². The molecular weight excluding hydrogens is 307 g/mol. The largest absolute Gasteiger partial charge is 0.350 e. The molecule has 0 saturated heterocycles. The highest BCUT2D eigenvalue weighted by molar-refractivity contribution is 6.30. The van der Waals surface area contributed by atoms with E-state index in [1.807, 2.05) is 38.4 Å². The summed E-state index contributed by atoms with van der Waals surface area (Å²) < 4.78 is 0. The minimum Gasteiger partial charge on any atom is -0.350 e. The summed E-state index contributed by atoms with van der Waals surface area (Å²) in [5.41, 5.74) is 1.13. The number of nitrogens with zero attached hydrogens (tertiary/aromatic N) is 4. The van der Waals surface area contributed by atoms with Gasteiger partial charge in [0.15, 0.2) is 0 Å². The van der Waals surface area contributed by atoms with Crippen LogP contribution in [0.1, 0.15) is 5.56 Å². The zero-order valence-corrected chi connectivity index (χ0v) is 13.6. The van der Waals surface area contributed by atoms with Crippen LogP contribution in [0.3, 0.4) is 0 Å². The first-order valence-corrected chi connectivity index (χ1v) is 7.42. The fraction of sp³-hybridized carbons (Fsp3) is 0.333. The van der Waals surface area contributed by atoms with Crippen molar-refractivity contribution in [3.05, 3.63) is 52.4 Å². The van der Waals surface area contributed by atoms with Crippen LogP contribution in [-0.4, -0.2) is 42.1 Å². The first-order valence-electron chi connectivity index (χ1n) is 6.66. The Morgan fingerprint density at radius 3 is 2.57 bits per heavy atom. The molecule has 0 atom stereocenters. The Morgan fingerprint density at radius 2 is 1.90 bits per heavy atom. The van der Waals surface area contributed by atoms with E-state index in [0.717, 1.165) is 29.5 Å². The van der Waals surface area contributed by atoms with E-state index < -0.39 is 0 Å². The SMILES string of the molecule is CN(C)CCN(Cc1cccc(Cl)c1)c1cncc(Cl)n1. The van der Waals surface area contributed by atoms with Crippen LogP contribution in [0, 0.1) is 0 Å². The Kier molecular flexibility index (Phi) is 5.79. The fourth-order valence-corrected chi connectivity index (χ4v) is 2.29. The standard InChI is InChI=1S/C15H18Cl2N4/c1-20(2)6-7-21(15-10-18-9-14(17)19-15)11-12-4-3-5-13(16)8-12/h3-5,8-10H,6-7,11H2,1-2H3. The number of anilines is 1. The molecule has 2 aromatic rings. The highest BCUT2D eigenvalue weighted by atomic mass is 35.5. The van der Waals surface area contributed by atoms with Crippen LogP contribution in [0.5, 0.6) is 0 Å². The predicted molar refractivity (Wildman–Crippen MR) is 88.1 cm³/mol. The third kappa shape index (κ3) is 5.16. The predicted octanol–water partition coefficient (Wildman–Crippen LogP) is 3.35. The first kappa shape index (κ1) is 16.0. The highest BCUT2D eigenvalue weighted by Gasteiger charge is 2.10. The molecule has 0 unspecified atom stereocenters. The van der Waals surface area contributed by atoms with Crippen LogP contribution in [-0.2, 0) is 6.54 Å². The van der Waals surface area contributed by atoms with Gasteiger partial charge in [-0.15, -0.1) is 0 Å². The van der Waals surface area contributed by atoms with Gasteiger partial charge >= 0.3 is 0 Å². The Morgan fingerprint density at radius 1 is 1.10 bits per heavy atom. The van der Waals surface area contributed by atoms with Crippen molar-refractivity contribution in [3.63, 3.8) is 0 Å². The van der Waals surface area contributed by atoms with Gasteiger partial charge in [-0.25, -0.2) is 4.98 Å². The lowest BCUT2D eigenvalue weighted by molar-refractivity contribution is 0.412. The second-order valence-corrected chi connectivity index (χ2v) is 5.88. The van der Waals surface area contributed by atoms with Gasteiger partial charge in [-0.05, 0) is 31.8 Å². The van der Waals surface area contributed by atoms with Gasteiger partial charge in [0.1, 0.15) is 11.0 Å². The average molecular weight is 325 g/mol. The number of likely N-dealkylation sites (N-methyl/N-ethyl adjacent to an activating group) is 1. The molecule has 0 bridgehead atoms. The second-order valence-electron chi connectivity index (χ2n) is 5.05. The third-order valence-corrected chi connectivity index (χ3v) is 3.41. The number of halogens is 2. The molecule has 0 aliphatic carbocycles. The van der Waals surface area contributed by atoms with Crippen molar-refractivity contribution >= 4 is 29.0 Å². The Labute approximate surface area is 135 Å². The summed E-state index contributed by atoms with van der Waals surface area (Å²) in [6, 6.07) is 7.83. The molecule has 2 rings (SSSR count). The van der Waals surface area contributed by atoms with Gasteiger partial charge in [-0.3, -0.25) is 4.98 Å². The highest BCUT2D eigenvalue weighted by Crippen LogP contribution is 2.18. The summed E-state index contributed by atoms with van der Waals surface area (Å²) in [5.74, 6) is 0.768. The van der Waals surface area contributed by atoms with Gasteiger partial charge in [0, 0.05) is 24.7 Å². The summed E-state index contributed by atoms with van der Waals surface area (Å²) in [5, 5.41) is 1.13. The summed E-state index contributed by atoms with van der Waals surface area (Å²) in [6.07, 6.45) is 3.26. The molecule has 0 radical (unpaired) electrons. The average Bonchev–Trinajstić information content (AvgIpc) is 2.43. The number of hydrogen-bond donors (Lipinski definition) is 0. The summed E-state index contributed by atoms with van der Waals surface area (Å²) in [4.78, 5) is 12.7. The van der Waals surface area contributed by atoms with E-state index in [2.05, 4.69) is 19.8 Å². The molecule has 21 heavy (non-hydrogen) atoms. The topological polar surface area (TPSA) is 32.3 Å². The zero-order valence-electron chi connectivity index (χ0n) is 12.1. The van der Waals surface area contributed by atoms with E-state index in [1.165, 1.54) is 6.20 Å². The van der Waals surface area contributed by atoms with E-state index in [4.69, 9.17) is 23.2 Å². The number of rotatable bonds is 6. The van der Waals surface area contributed by atoms with Crippen molar-refractivity contribution in [2.45, 2.75) is 6.54 Å². The van der Waals surface area contributed by atoms with Crippen molar-refractivity contribution in [1.29, 1.82) is 0 Å². The van der Waals surface area contributed by atoms with Crippen LogP contribution in [0.4, 0.5) is 5.82 Å². The van der Waals surface area contributed by atoms with Crippen molar-refractivity contribution in [1.82, 2.24) is 14.9 Å². The smallest absolute Gasteiger partial charge is 0.149 e. The molecule has 112 valence electrons. The molecular formula is C15H18Cl2N4. The van der Waals surface area contributed by atoms with Gasteiger partial charge in [0.05, 0.1) is 12.4 Å². The van der Waals surface area contributed by atoms with E-state index in [-0.39, 0.29) is 0 Å². The fourth-order valence-electron chi connectivity index (χ4n) is 1.94. The van der Waals surface area contributed by atoms with E-state index in [1.54, 1.807) is 6.20 Å². The van der Waals surface area contributed by atoms with Gasteiger partial charge in [-0.1, -0.05) is 35.3 Å². The zero-order chi connectivity index (χ0) is 15.2. The lowest BCUT2D eigenvalue weighted by Crippen LogP contribution is -2.32. The van der Waals surface area contributed by atoms with E-state index in [9.17, 15) is 0 Å². The molecule has 0 amide bonds. The van der Waals surface area contributed by atoms with Crippen LogP contribution in [0.15, 0.2) is 36.7 Å². The lowest BCUT2D eigenvalue weighted by Gasteiger charge is -2.25. The minimum absolute atomic E-state index is 0.397. The quantitative estimate of drug-likeness (QED) is 0.815. The Hall–Kier alpha value is -1.36. The third-order valence-electron chi connectivity index (χ3n) is 3.00. The number of aromatic nitrogens is 2. The molecule has 1 heterocycles.